The van der Waals surface area contributed by atoms with Crippen molar-refractivity contribution in [2.45, 2.75) is 52.0 Å². The van der Waals surface area contributed by atoms with Gasteiger partial charge in [0.2, 0.25) is 5.91 Å². The van der Waals surface area contributed by atoms with E-state index in [2.05, 4.69) is 15.5 Å². The highest BCUT2D eigenvalue weighted by Crippen LogP contribution is 2.36. The molecule has 6 nitrogen and oxygen atoms in total. The summed E-state index contributed by atoms with van der Waals surface area (Å²) in [5.74, 6) is -0.110. The molecule has 6 heteroatoms. The van der Waals surface area contributed by atoms with Crippen LogP contribution in [0, 0.1) is 5.41 Å². The number of carbonyl (C=O) groups excluding carboxylic acids is 2. The van der Waals surface area contributed by atoms with Gasteiger partial charge in [0.25, 0.3) is 5.91 Å². The van der Waals surface area contributed by atoms with E-state index in [0.29, 0.717) is 12.3 Å². The maximum atomic E-state index is 11.8. The normalized spacial score (nSPS) is 22.1. The van der Waals surface area contributed by atoms with Crippen LogP contribution in [0.5, 0.6) is 0 Å². The summed E-state index contributed by atoms with van der Waals surface area (Å²) in [6, 6.07) is 1.91. The predicted octanol–water partition coefficient (Wildman–Crippen LogP) is 1.31. The van der Waals surface area contributed by atoms with Gasteiger partial charge >= 0.3 is 0 Å². The van der Waals surface area contributed by atoms with Crippen LogP contribution >= 0.6 is 0 Å². The molecule has 0 saturated heterocycles. The lowest BCUT2D eigenvalue weighted by Gasteiger charge is -2.35. The fourth-order valence-corrected chi connectivity index (χ4v) is 2.42. The molecule has 1 aromatic heterocycles. The fourth-order valence-electron chi connectivity index (χ4n) is 2.42. The molecule has 2 rings (SSSR count). The van der Waals surface area contributed by atoms with Crippen LogP contribution in [-0.2, 0) is 4.79 Å². The van der Waals surface area contributed by atoms with Gasteiger partial charge in [0.05, 0.1) is 0 Å². The molecular formula is C14H22N4O2. The Balaban J connectivity index is 1.79. The Morgan fingerprint density at radius 2 is 2.10 bits per heavy atom. The number of H-pyrrole nitrogens is 1. The van der Waals surface area contributed by atoms with Gasteiger partial charge in [0.15, 0.2) is 0 Å². The van der Waals surface area contributed by atoms with Crippen molar-refractivity contribution >= 4 is 11.8 Å². The molecule has 1 saturated carbocycles. The predicted molar refractivity (Wildman–Crippen MR) is 75.1 cm³/mol. The van der Waals surface area contributed by atoms with Crippen molar-refractivity contribution in [1.29, 1.82) is 0 Å². The lowest BCUT2D eigenvalue weighted by Crippen LogP contribution is -2.44. The van der Waals surface area contributed by atoms with Crippen LogP contribution in [0.25, 0.3) is 0 Å². The second-order valence-corrected chi connectivity index (χ2v) is 6.74. The van der Waals surface area contributed by atoms with E-state index < -0.39 is 5.91 Å². The first-order valence-electron chi connectivity index (χ1n) is 6.89. The minimum absolute atomic E-state index is 0.00694. The van der Waals surface area contributed by atoms with Crippen molar-refractivity contribution in [3.63, 3.8) is 0 Å². The topological polar surface area (TPSA) is 101 Å². The number of primary amides is 1. The summed E-state index contributed by atoms with van der Waals surface area (Å²) in [6.07, 6.45) is 2.27. The Morgan fingerprint density at radius 1 is 1.45 bits per heavy atom. The zero-order chi connectivity index (χ0) is 14.9. The van der Waals surface area contributed by atoms with Crippen LogP contribution in [0.4, 0.5) is 0 Å². The van der Waals surface area contributed by atoms with Crippen LogP contribution in [0.3, 0.4) is 0 Å². The van der Waals surface area contributed by atoms with E-state index in [9.17, 15) is 9.59 Å². The summed E-state index contributed by atoms with van der Waals surface area (Å²) in [4.78, 5) is 22.8. The van der Waals surface area contributed by atoms with Gasteiger partial charge in [-0.05, 0) is 24.3 Å². The molecule has 0 aliphatic heterocycles. The van der Waals surface area contributed by atoms with Gasteiger partial charge in [-0.25, -0.2) is 0 Å². The van der Waals surface area contributed by atoms with E-state index in [0.717, 1.165) is 18.5 Å². The first-order valence-corrected chi connectivity index (χ1v) is 6.89. The summed E-state index contributed by atoms with van der Waals surface area (Å²) in [6.45, 7) is 6.14. The molecule has 0 spiro atoms. The number of aromatic amines is 1. The smallest absolute Gasteiger partial charge is 0.269 e. The maximum Gasteiger partial charge on any atom is 0.269 e. The first-order chi connectivity index (χ1) is 9.24. The zero-order valence-electron chi connectivity index (χ0n) is 12.2. The molecule has 0 atom stereocenters. The monoisotopic (exact) mass is 278 g/mol. The van der Waals surface area contributed by atoms with Crippen molar-refractivity contribution in [2.75, 3.05) is 0 Å². The van der Waals surface area contributed by atoms with Gasteiger partial charge in [-0.2, -0.15) is 5.10 Å². The summed E-state index contributed by atoms with van der Waals surface area (Å²) in [5.41, 5.74) is 6.35. The average Bonchev–Trinajstić information content (AvgIpc) is 2.68. The molecule has 1 fully saturated rings. The average molecular weight is 278 g/mol. The second-order valence-electron chi connectivity index (χ2n) is 6.74. The quantitative estimate of drug-likeness (QED) is 0.774. The Hall–Kier alpha value is -1.85. The minimum Gasteiger partial charge on any atom is -0.364 e. The Labute approximate surface area is 118 Å². The summed E-state index contributed by atoms with van der Waals surface area (Å²) < 4.78 is 0. The summed E-state index contributed by atoms with van der Waals surface area (Å²) in [7, 11) is 0. The molecule has 1 aliphatic rings. The lowest BCUT2D eigenvalue weighted by molar-refractivity contribution is -0.124. The van der Waals surface area contributed by atoms with E-state index >= 15 is 0 Å². The van der Waals surface area contributed by atoms with Crippen LogP contribution in [0.15, 0.2) is 6.07 Å². The fraction of sp³-hybridized carbons (Fsp3) is 0.643. The number of hydrogen-bond donors (Lipinski definition) is 3. The molecule has 1 aliphatic carbocycles. The SMILES string of the molecule is CC(C)(C)CC(=O)NC1CC(c2cc(C(N)=O)n[nH]2)C1. The number of carbonyl (C=O) groups is 2. The van der Waals surface area contributed by atoms with Gasteiger partial charge in [-0.15, -0.1) is 0 Å². The minimum atomic E-state index is -0.526. The molecule has 1 heterocycles. The van der Waals surface area contributed by atoms with E-state index in [4.69, 9.17) is 5.73 Å². The highest BCUT2D eigenvalue weighted by atomic mass is 16.2. The number of nitrogens with zero attached hydrogens (tertiary/aromatic N) is 1. The zero-order valence-corrected chi connectivity index (χ0v) is 12.2. The second kappa shape index (κ2) is 5.26. The molecule has 0 bridgehead atoms. The van der Waals surface area contributed by atoms with Crippen molar-refractivity contribution in [3.05, 3.63) is 17.5 Å². The van der Waals surface area contributed by atoms with E-state index in [1.807, 2.05) is 20.8 Å². The molecule has 0 radical (unpaired) electrons. The molecule has 2 amide bonds. The third-order valence-corrected chi connectivity index (χ3v) is 3.48. The van der Waals surface area contributed by atoms with Crippen molar-refractivity contribution in [2.24, 2.45) is 11.1 Å². The molecule has 4 N–H and O–H groups in total. The molecule has 0 unspecified atom stereocenters. The Bertz CT molecular complexity index is 509. The first kappa shape index (κ1) is 14.6. The highest BCUT2D eigenvalue weighted by Gasteiger charge is 2.33. The van der Waals surface area contributed by atoms with E-state index in [1.165, 1.54) is 0 Å². The highest BCUT2D eigenvalue weighted by molar-refractivity contribution is 5.90. The van der Waals surface area contributed by atoms with Gasteiger partial charge in [0, 0.05) is 24.1 Å². The standard InChI is InChI=1S/C14H22N4O2/c1-14(2,3)7-12(19)16-9-4-8(5-9)10-6-11(13(15)20)18-17-10/h6,8-9H,4-5,7H2,1-3H3,(H2,15,20)(H,16,19)(H,17,18). The van der Waals surface area contributed by atoms with Gasteiger partial charge in [-0.3, -0.25) is 14.7 Å². The van der Waals surface area contributed by atoms with E-state index in [-0.39, 0.29) is 23.1 Å². The molecular weight excluding hydrogens is 256 g/mol. The van der Waals surface area contributed by atoms with Crippen molar-refractivity contribution < 1.29 is 9.59 Å². The van der Waals surface area contributed by atoms with Crippen LogP contribution in [0.2, 0.25) is 0 Å². The number of rotatable bonds is 4. The largest absolute Gasteiger partial charge is 0.364 e. The third kappa shape index (κ3) is 3.59. The van der Waals surface area contributed by atoms with Crippen molar-refractivity contribution in [1.82, 2.24) is 15.5 Å². The molecule has 0 aromatic carbocycles. The van der Waals surface area contributed by atoms with Crippen LogP contribution in [-0.4, -0.2) is 28.1 Å². The number of aromatic nitrogens is 2. The maximum absolute atomic E-state index is 11.8. The number of hydrogen-bond acceptors (Lipinski definition) is 3. The van der Waals surface area contributed by atoms with Gasteiger partial charge in [0.1, 0.15) is 5.69 Å². The van der Waals surface area contributed by atoms with Gasteiger partial charge in [-0.1, -0.05) is 20.8 Å². The number of nitrogens with one attached hydrogen (secondary N) is 2. The van der Waals surface area contributed by atoms with Crippen LogP contribution < -0.4 is 11.1 Å². The van der Waals surface area contributed by atoms with Gasteiger partial charge < -0.3 is 11.1 Å². The van der Waals surface area contributed by atoms with Crippen molar-refractivity contribution in [3.8, 4) is 0 Å². The third-order valence-electron chi connectivity index (χ3n) is 3.48. The molecule has 110 valence electrons. The lowest BCUT2D eigenvalue weighted by atomic mass is 9.78. The number of nitrogens with two attached hydrogens (primary N) is 1. The Kier molecular flexibility index (Phi) is 3.83. The van der Waals surface area contributed by atoms with E-state index in [1.54, 1.807) is 6.07 Å². The number of amides is 2. The molecule has 20 heavy (non-hydrogen) atoms. The summed E-state index contributed by atoms with van der Waals surface area (Å²) in [5, 5.41) is 9.74. The summed E-state index contributed by atoms with van der Waals surface area (Å²) >= 11 is 0. The Morgan fingerprint density at radius 3 is 2.60 bits per heavy atom. The van der Waals surface area contributed by atoms with Crippen LogP contribution in [0.1, 0.15) is 62.1 Å². The molecule has 1 aromatic rings.